The zero-order chi connectivity index (χ0) is 28.2. The Kier molecular flexibility index (Phi) is 10.0. The van der Waals surface area contributed by atoms with E-state index in [1.807, 2.05) is 12.1 Å². The zero-order valence-electron chi connectivity index (χ0n) is 21.8. The third-order valence-corrected chi connectivity index (χ3v) is 5.34. The van der Waals surface area contributed by atoms with Crippen LogP contribution in [0.15, 0.2) is 103 Å². The number of carbonyl (C=O) groups excluding carboxylic acids is 4. The van der Waals surface area contributed by atoms with E-state index in [9.17, 15) is 19.2 Å². The van der Waals surface area contributed by atoms with Crippen molar-refractivity contribution >= 4 is 40.7 Å². The van der Waals surface area contributed by atoms with Crippen LogP contribution in [0.25, 0.3) is 0 Å². The molecule has 1 heterocycles. The largest absolute Gasteiger partial charge is 0.349 e. The quantitative estimate of drug-likeness (QED) is 0.331. The number of anilines is 3. The molecule has 9 heteroatoms. The van der Waals surface area contributed by atoms with Gasteiger partial charge in [-0.3, -0.25) is 19.2 Å². The molecule has 1 aromatic heterocycles. The minimum Gasteiger partial charge on any atom is -0.349 e. The van der Waals surface area contributed by atoms with Crippen LogP contribution in [-0.4, -0.2) is 47.6 Å². The second kappa shape index (κ2) is 13.8. The average molecular weight is 524 g/mol. The normalized spacial score (nSPS) is 9.82. The minimum absolute atomic E-state index is 0.0694. The molecular weight excluding hydrogens is 494 g/mol. The Balaban J connectivity index is 0.000000631. The van der Waals surface area contributed by atoms with Gasteiger partial charge in [-0.15, -0.1) is 0 Å². The summed E-state index contributed by atoms with van der Waals surface area (Å²) < 4.78 is 0. The summed E-state index contributed by atoms with van der Waals surface area (Å²) in [5, 5.41) is 8.29. The van der Waals surface area contributed by atoms with Gasteiger partial charge in [-0.05, 0) is 48.5 Å². The van der Waals surface area contributed by atoms with E-state index >= 15 is 0 Å². The number of nitrogens with one attached hydrogen (secondary N) is 3. The van der Waals surface area contributed by atoms with Crippen molar-refractivity contribution in [2.24, 2.45) is 0 Å². The van der Waals surface area contributed by atoms with Crippen LogP contribution in [0.4, 0.5) is 17.1 Å². The fraction of sp³-hybridized carbons (Fsp3) is 0.100. The Morgan fingerprint density at radius 3 is 1.51 bits per heavy atom. The maximum atomic E-state index is 12.8. The van der Waals surface area contributed by atoms with E-state index in [-0.39, 0.29) is 23.2 Å². The number of carbonyl (C=O) groups is 4. The first-order valence-electron chi connectivity index (χ1n) is 12.0. The first-order chi connectivity index (χ1) is 18.7. The predicted octanol–water partition coefficient (Wildman–Crippen LogP) is 4.93. The Bertz CT molecular complexity index is 1440. The summed E-state index contributed by atoms with van der Waals surface area (Å²) in [5.74, 6) is -1.14. The van der Waals surface area contributed by atoms with Crippen LogP contribution in [0.5, 0.6) is 0 Å². The Hall–Kier alpha value is -5.31. The lowest BCUT2D eigenvalue weighted by atomic mass is 10.2. The highest BCUT2D eigenvalue weighted by molar-refractivity contribution is 6.10. The molecule has 0 aliphatic carbocycles. The molecule has 0 saturated carbocycles. The monoisotopic (exact) mass is 523 g/mol. The molecule has 0 atom stereocenters. The smallest absolute Gasteiger partial charge is 0.274 e. The first-order valence-corrected chi connectivity index (χ1v) is 12.0. The Morgan fingerprint density at radius 2 is 1.00 bits per heavy atom. The van der Waals surface area contributed by atoms with Gasteiger partial charge in [0.1, 0.15) is 11.4 Å². The summed E-state index contributed by atoms with van der Waals surface area (Å²) in [6.07, 6.45) is 0. The first kappa shape index (κ1) is 28.3. The summed E-state index contributed by atoms with van der Waals surface area (Å²) in [6, 6.07) is 29.2. The maximum absolute atomic E-state index is 12.8. The molecule has 39 heavy (non-hydrogen) atoms. The van der Waals surface area contributed by atoms with E-state index in [0.29, 0.717) is 22.6 Å². The van der Waals surface area contributed by atoms with Crippen LogP contribution >= 0.6 is 0 Å². The molecule has 198 valence electrons. The van der Waals surface area contributed by atoms with Crippen LogP contribution in [-0.2, 0) is 4.79 Å². The number of nitrogens with zero attached hydrogens (tertiary/aromatic N) is 2. The van der Waals surface area contributed by atoms with Gasteiger partial charge >= 0.3 is 0 Å². The minimum atomic E-state index is -0.509. The molecule has 0 spiro atoms. The highest BCUT2D eigenvalue weighted by atomic mass is 16.2. The van der Waals surface area contributed by atoms with E-state index in [1.54, 1.807) is 93.0 Å². The summed E-state index contributed by atoms with van der Waals surface area (Å²) in [7, 11) is 3.45. The number of para-hydroxylation sites is 3. The molecule has 0 aliphatic heterocycles. The van der Waals surface area contributed by atoms with E-state index in [1.165, 1.54) is 24.0 Å². The highest BCUT2D eigenvalue weighted by Crippen LogP contribution is 2.22. The van der Waals surface area contributed by atoms with Crippen molar-refractivity contribution in [3.05, 3.63) is 120 Å². The van der Waals surface area contributed by atoms with E-state index in [2.05, 4.69) is 20.9 Å². The van der Waals surface area contributed by atoms with Gasteiger partial charge in [0.25, 0.3) is 17.7 Å². The lowest BCUT2D eigenvalue weighted by Gasteiger charge is -2.12. The molecule has 9 nitrogen and oxygen atoms in total. The van der Waals surface area contributed by atoms with Crippen molar-refractivity contribution in [2.45, 2.75) is 6.92 Å². The SMILES string of the molecule is CC(=O)N(C)C.O=C(Nc1ccccc1NC(=O)c1cccc(C(=O)Nc2ccccc2)n1)c1ccccc1. The van der Waals surface area contributed by atoms with Crippen molar-refractivity contribution in [2.75, 3.05) is 30.0 Å². The standard InChI is InChI=1S/C26H20N4O3.C4H9NO/c31-24(18-10-3-1-4-11-18)29-20-14-7-8-15-21(20)30-26(33)23-17-9-16-22(28-23)25(32)27-19-12-5-2-6-13-19;1-4(6)5(2)3/h1-17H,(H,27,32)(H,29,31)(H,30,33);1-3H3. The number of hydrogen-bond acceptors (Lipinski definition) is 5. The van der Waals surface area contributed by atoms with Crippen molar-refractivity contribution < 1.29 is 19.2 Å². The molecule has 4 rings (SSSR count). The fourth-order valence-corrected chi connectivity index (χ4v) is 3.08. The third kappa shape index (κ3) is 8.64. The van der Waals surface area contributed by atoms with Crippen LogP contribution in [0.2, 0.25) is 0 Å². The Morgan fingerprint density at radius 1 is 0.564 bits per heavy atom. The van der Waals surface area contributed by atoms with Gasteiger partial charge < -0.3 is 20.9 Å². The van der Waals surface area contributed by atoms with E-state index in [4.69, 9.17) is 0 Å². The number of aromatic nitrogens is 1. The van der Waals surface area contributed by atoms with Gasteiger partial charge in [-0.25, -0.2) is 4.98 Å². The third-order valence-electron chi connectivity index (χ3n) is 5.34. The number of hydrogen-bond donors (Lipinski definition) is 3. The molecular formula is C30H29N5O4. The van der Waals surface area contributed by atoms with Crippen molar-refractivity contribution in [3.8, 4) is 0 Å². The van der Waals surface area contributed by atoms with Gasteiger partial charge in [0.05, 0.1) is 11.4 Å². The van der Waals surface area contributed by atoms with Crippen LogP contribution in [0, 0.1) is 0 Å². The van der Waals surface area contributed by atoms with Gasteiger partial charge in [0.15, 0.2) is 0 Å². The maximum Gasteiger partial charge on any atom is 0.274 e. The van der Waals surface area contributed by atoms with Gasteiger partial charge in [-0.1, -0.05) is 54.6 Å². The molecule has 4 aromatic rings. The molecule has 3 N–H and O–H groups in total. The lowest BCUT2D eigenvalue weighted by molar-refractivity contribution is -0.126. The summed E-state index contributed by atoms with van der Waals surface area (Å²) in [4.78, 5) is 53.6. The summed E-state index contributed by atoms with van der Waals surface area (Å²) >= 11 is 0. The second-order valence-electron chi connectivity index (χ2n) is 8.46. The van der Waals surface area contributed by atoms with E-state index in [0.717, 1.165) is 0 Å². The van der Waals surface area contributed by atoms with Gasteiger partial charge in [-0.2, -0.15) is 0 Å². The highest BCUT2D eigenvalue weighted by Gasteiger charge is 2.15. The van der Waals surface area contributed by atoms with E-state index < -0.39 is 11.8 Å². The van der Waals surface area contributed by atoms with Crippen LogP contribution < -0.4 is 16.0 Å². The summed E-state index contributed by atoms with van der Waals surface area (Å²) in [5.41, 5.74) is 2.15. The molecule has 4 amide bonds. The van der Waals surface area contributed by atoms with Crippen molar-refractivity contribution in [1.82, 2.24) is 9.88 Å². The molecule has 0 saturated heterocycles. The van der Waals surface area contributed by atoms with Crippen LogP contribution in [0.1, 0.15) is 38.3 Å². The second-order valence-corrected chi connectivity index (χ2v) is 8.46. The van der Waals surface area contributed by atoms with Crippen molar-refractivity contribution in [3.63, 3.8) is 0 Å². The molecule has 0 fully saturated rings. The topological polar surface area (TPSA) is 121 Å². The average Bonchev–Trinajstić information content (AvgIpc) is 2.95. The van der Waals surface area contributed by atoms with Crippen LogP contribution in [0.3, 0.4) is 0 Å². The summed E-state index contributed by atoms with van der Waals surface area (Å²) in [6.45, 7) is 1.53. The molecule has 0 aliphatic rings. The molecule has 3 aromatic carbocycles. The molecule has 0 unspecified atom stereocenters. The van der Waals surface area contributed by atoms with Crippen molar-refractivity contribution in [1.29, 1.82) is 0 Å². The molecule has 0 radical (unpaired) electrons. The lowest BCUT2D eigenvalue weighted by Crippen LogP contribution is -2.19. The Labute approximate surface area is 226 Å². The number of rotatable bonds is 6. The predicted molar refractivity (Wildman–Crippen MR) is 152 cm³/mol. The van der Waals surface area contributed by atoms with Gasteiger partial charge in [0, 0.05) is 32.3 Å². The number of pyridine rings is 1. The van der Waals surface area contributed by atoms with Gasteiger partial charge in [0.2, 0.25) is 5.91 Å². The fourth-order valence-electron chi connectivity index (χ4n) is 3.08. The molecule has 0 bridgehead atoms. The number of amides is 4. The zero-order valence-corrected chi connectivity index (χ0v) is 21.8. The number of benzene rings is 3.